The predicted octanol–water partition coefficient (Wildman–Crippen LogP) is 4.21. The monoisotopic (exact) mass is 401 g/mol. The molecule has 26 heavy (non-hydrogen) atoms. The van der Waals surface area contributed by atoms with E-state index in [1.807, 2.05) is 17.0 Å². The second-order valence-electron chi connectivity index (χ2n) is 5.29. The Labute approximate surface area is 151 Å². The first kappa shape index (κ1) is 18.4. The lowest BCUT2D eigenvalue weighted by molar-refractivity contribution is -0.137. The van der Waals surface area contributed by atoms with Gasteiger partial charge in [0.15, 0.2) is 5.82 Å². The standard InChI is InChI=1S/C16H11ClF3N3O2S/c17-14-8-12(16(18,19)20)9-21-15(14)22-23-26(24,25)13-6-5-10-3-1-2-4-11(10)7-13/h1-9,23H,(H,21,22). The van der Waals surface area contributed by atoms with Crippen LogP contribution in [0.1, 0.15) is 5.56 Å². The number of nitrogens with one attached hydrogen (secondary N) is 2. The first-order valence-electron chi connectivity index (χ1n) is 7.16. The van der Waals surface area contributed by atoms with Gasteiger partial charge in [0.05, 0.1) is 15.5 Å². The first-order valence-corrected chi connectivity index (χ1v) is 9.02. The number of benzene rings is 2. The molecule has 0 saturated carbocycles. The van der Waals surface area contributed by atoms with Crippen LogP contribution in [0, 0.1) is 0 Å². The summed E-state index contributed by atoms with van der Waals surface area (Å²) in [5, 5.41) is 1.22. The second-order valence-corrected chi connectivity index (χ2v) is 7.38. The van der Waals surface area contributed by atoms with Crippen molar-refractivity contribution < 1.29 is 21.6 Å². The molecule has 0 atom stereocenters. The topological polar surface area (TPSA) is 71.1 Å². The number of nitrogens with zero attached hydrogens (tertiary/aromatic N) is 1. The van der Waals surface area contributed by atoms with E-state index in [9.17, 15) is 21.6 Å². The molecule has 0 aliphatic carbocycles. The van der Waals surface area contributed by atoms with Gasteiger partial charge in [-0.3, -0.25) is 5.43 Å². The van der Waals surface area contributed by atoms with Gasteiger partial charge < -0.3 is 0 Å². The van der Waals surface area contributed by atoms with Gasteiger partial charge in [0.2, 0.25) is 0 Å². The van der Waals surface area contributed by atoms with Gasteiger partial charge in [-0.15, -0.1) is 4.83 Å². The quantitative estimate of drug-likeness (QED) is 0.642. The van der Waals surface area contributed by atoms with Crippen LogP contribution in [0.2, 0.25) is 5.02 Å². The van der Waals surface area contributed by atoms with E-state index in [2.05, 4.69) is 10.4 Å². The van der Waals surface area contributed by atoms with Crippen LogP contribution < -0.4 is 10.3 Å². The predicted molar refractivity (Wildman–Crippen MR) is 92.1 cm³/mol. The normalized spacial score (nSPS) is 12.3. The Morgan fingerprint density at radius 3 is 2.35 bits per heavy atom. The maximum absolute atomic E-state index is 12.6. The summed E-state index contributed by atoms with van der Waals surface area (Å²) < 4.78 is 62.5. The smallest absolute Gasteiger partial charge is 0.291 e. The Hall–Kier alpha value is -2.36. The zero-order valence-corrected chi connectivity index (χ0v) is 14.5. The van der Waals surface area contributed by atoms with Gasteiger partial charge in [0.25, 0.3) is 10.0 Å². The number of hydrogen-bond acceptors (Lipinski definition) is 4. The minimum atomic E-state index is -4.60. The van der Waals surface area contributed by atoms with E-state index < -0.39 is 21.8 Å². The van der Waals surface area contributed by atoms with Crippen molar-refractivity contribution in [2.24, 2.45) is 0 Å². The van der Waals surface area contributed by atoms with Gasteiger partial charge in [-0.2, -0.15) is 13.2 Å². The minimum Gasteiger partial charge on any atom is -0.291 e. The number of aromatic nitrogens is 1. The summed E-state index contributed by atoms with van der Waals surface area (Å²) in [6, 6.07) is 12.4. The maximum atomic E-state index is 12.6. The molecular weight excluding hydrogens is 391 g/mol. The molecule has 10 heteroatoms. The summed E-state index contributed by atoms with van der Waals surface area (Å²) in [6.07, 6.45) is -4.04. The maximum Gasteiger partial charge on any atom is 0.417 e. The largest absolute Gasteiger partial charge is 0.417 e. The number of pyridine rings is 1. The lowest BCUT2D eigenvalue weighted by Gasteiger charge is -2.12. The molecule has 0 aliphatic heterocycles. The number of hydrazine groups is 1. The van der Waals surface area contributed by atoms with Crippen molar-refractivity contribution in [2.45, 2.75) is 11.1 Å². The molecule has 3 rings (SSSR count). The summed E-state index contributed by atoms with van der Waals surface area (Å²) in [6.45, 7) is 0. The Bertz CT molecular complexity index is 1070. The number of hydrogen-bond donors (Lipinski definition) is 2. The summed E-state index contributed by atoms with van der Waals surface area (Å²) >= 11 is 5.73. The average molecular weight is 402 g/mol. The molecule has 0 aliphatic rings. The van der Waals surface area contributed by atoms with Crippen molar-refractivity contribution in [3.8, 4) is 0 Å². The number of rotatable bonds is 4. The fraction of sp³-hybridized carbons (Fsp3) is 0.0625. The SMILES string of the molecule is O=S(=O)(NNc1ncc(C(F)(F)F)cc1Cl)c1ccc2ccccc2c1. The van der Waals surface area contributed by atoms with Crippen LogP contribution in [-0.2, 0) is 16.2 Å². The third kappa shape index (κ3) is 3.90. The first-order chi connectivity index (χ1) is 12.2. The molecule has 0 bridgehead atoms. The second kappa shape index (κ2) is 6.75. The van der Waals surface area contributed by atoms with Crippen LogP contribution in [0.3, 0.4) is 0 Å². The van der Waals surface area contributed by atoms with Crippen molar-refractivity contribution >= 4 is 38.2 Å². The van der Waals surface area contributed by atoms with Crippen LogP contribution in [0.25, 0.3) is 10.8 Å². The third-order valence-electron chi connectivity index (χ3n) is 3.50. The molecule has 0 spiro atoms. The van der Waals surface area contributed by atoms with Crippen molar-refractivity contribution in [3.63, 3.8) is 0 Å². The van der Waals surface area contributed by atoms with Gasteiger partial charge >= 0.3 is 6.18 Å². The highest BCUT2D eigenvalue weighted by molar-refractivity contribution is 7.89. The third-order valence-corrected chi connectivity index (χ3v) is 5.04. The molecule has 136 valence electrons. The number of halogens is 4. The van der Waals surface area contributed by atoms with E-state index >= 15 is 0 Å². The van der Waals surface area contributed by atoms with E-state index in [1.54, 1.807) is 18.2 Å². The van der Waals surface area contributed by atoms with E-state index in [0.29, 0.717) is 12.3 Å². The Morgan fingerprint density at radius 1 is 1.00 bits per heavy atom. The van der Waals surface area contributed by atoms with E-state index in [0.717, 1.165) is 10.8 Å². The highest BCUT2D eigenvalue weighted by atomic mass is 35.5. The molecule has 1 aromatic heterocycles. The van der Waals surface area contributed by atoms with Crippen molar-refractivity contribution in [1.29, 1.82) is 0 Å². The highest BCUT2D eigenvalue weighted by Gasteiger charge is 2.31. The Morgan fingerprint density at radius 2 is 1.69 bits per heavy atom. The van der Waals surface area contributed by atoms with Gasteiger partial charge in [0.1, 0.15) is 0 Å². The summed E-state index contributed by atoms with van der Waals surface area (Å²) in [7, 11) is -3.99. The molecule has 0 radical (unpaired) electrons. The van der Waals surface area contributed by atoms with Crippen molar-refractivity contribution in [1.82, 2.24) is 9.82 Å². The number of alkyl halides is 3. The molecular formula is C16H11ClF3N3O2S. The van der Waals surface area contributed by atoms with Crippen LogP contribution in [0.15, 0.2) is 59.6 Å². The number of fused-ring (bicyclic) bond motifs is 1. The fourth-order valence-electron chi connectivity index (χ4n) is 2.19. The van der Waals surface area contributed by atoms with Gasteiger partial charge in [-0.05, 0) is 29.0 Å². The van der Waals surface area contributed by atoms with E-state index in [4.69, 9.17) is 11.6 Å². The molecule has 0 unspecified atom stereocenters. The fourth-order valence-corrected chi connectivity index (χ4v) is 3.29. The lowest BCUT2D eigenvalue weighted by atomic mass is 10.1. The summed E-state index contributed by atoms with van der Waals surface area (Å²) in [5.74, 6) is -0.246. The molecule has 0 saturated heterocycles. The Balaban J connectivity index is 1.81. The molecule has 2 N–H and O–H groups in total. The van der Waals surface area contributed by atoms with Crippen molar-refractivity contribution in [2.75, 3.05) is 5.43 Å². The van der Waals surface area contributed by atoms with Gasteiger partial charge in [-0.25, -0.2) is 13.4 Å². The van der Waals surface area contributed by atoms with Gasteiger partial charge in [-0.1, -0.05) is 41.9 Å². The summed E-state index contributed by atoms with van der Waals surface area (Å²) in [5.41, 5.74) is 1.19. The van der Waals surface area contributed by atoms with Crippen LogP contribution in [0.5, 0.6) is 0 Å². The minimum absolute atomic E-state index is 0.0215. The summed E-state index contributed by atoms with van der Waals surface area (Å²) in [4.78, 5) is 5.53. The zero-order chi connectivity index (χ0) is 18.9. The lowest BCUT2D eigenvalue weighted by Crippen LogP contribution is -2.30. The molecule has 2 aromatic carbocycles. The number of anilines is 1. The average Bonchev–Trinajstić information content (AvgIpc) is 2.59. The molecule has 3 aromatic rings. The Kier molecular flexibility index (Phi) is 4.78. The van der Waals surface area contributed by atoms with Crippen LogP contribution in [-0.4, -0.2) is 13.4 Å². The van der Waals surface area contributed by atoms with E-state index in [-0.39, 0.29) is 15.7 Å². The molecule has 5 nitrogen and oxygen atoms in total. The number of sulfonamides is 1. The molecule has 0 amide bonds. The zero-order valence-electron chi connectivity index (χ0n) is 12.9. The molecule has 0 fully saturated rings. The van der Waals surface area contributed by atoms with Gasteiger partial charge in [0, 0.05) is 6.20 Å². The molecule has 1 heterocycles. The van der Waals surface area contributed by atoms with E-state index in [1.165, 1.54) is 12.1 Å². The van der Waals surface area contributed by atoms with Crippen LogP contribution >= 0.6 is 11.6 Å². The highest BCUT2D eigenvalue weighted by Crippen LogP contribution is 2.32. The van der Waals surface area contributed by atoms with Crippen LogP contribution in [0.4, 0.5) is 19.0 Å². The van der Waals surface area contributed by atoms with Crippen molar-refractivity contribution in [3.05, 3.63) is 65.3 Å².